The van der Waals surface area contributed by atoms with E-state index in [0.717, 1.165) is 11.1 Å². The van der Waals surface area contributed by atoms with E-state index in [2.05, 4.69) is 35.3 Å². The number of nitrogens with zero attached hydrogens (tertiary/aromatic N) is 1. The number of rotatable bonds is 4. The summed E-state index contributed by atoms with van der Waals surface area (Å²) in [5.41, 5.74) is 2.15. The number of benzene rings is 2. The number of hydrogen-bond donors (Lipinski definition) is 0. The predicted octanol–water partition coefficient (Wildman–Crippen LogP) is 3.95. The zero-order valence-electron chi connectivity index (χ0n) is 10.6. The normalized spacial score (nSPS) is 10.7. The molecule has 0 aliphatic rings. The molecule has 3 rings (SSSR count). The maximum absolute atomic E-state index is 5.69. The van der Waals surface area contributed by atoms with E-state index in [1.54, 1.807) is 0 Å². The molecule has 0 spiro atoms. The Kier molecular flexibility index (Phi) is 3.52. The molecule has 0 radical (unpaired) electrons. The highest BCUT2D eigenvalue weighted by molar-refractivity contribution is 5.81. The molecular weight excluding hydrogens is 234 g/mol. The SMILES string of the molecule is c1ccc(COCc2cc3ccccc3cn2)cc1. The summed E-state index contributed by atoms with van der Waals surface area (Å²) >= 11 is 0. The summed E-state index contributed by atoms with van der Waals surface area (Å²) < 4.78 is 5.69. The van der Waals surface area contributed by atoms with Crippen LogP contribution in [0.3, 0.4) is 0 Å². The van der Waals surface area contributed by atoms with Gasteiger partial charge < -0.3 is 4.74 Å². The molecule has 0 aliphatic heterocycles. The average molecular weight is 249 g/mol. The Hall–Kier alpha value is -2.19. The number of pyridine rings is 1. The van der Waals surface area contributed by atoms with Crippen molar-refractivity contribution in [1.82, 2.24) is 4.98 Å². The molecule has 1 heterocycles. The second kappa shape index (κ2) is 5.63. The first-order chi connectivity index (χ1) is 9.42. The van der Waals surface area contributed by atoms with Gasteiger partial charge in [-0.2, -0.15) is 0 Å². The Morgan fingerprint density at radius 3 is 2.37 bits per heavy atom. The Bertz CT molecular complexity index is 664. The van der Waals surface area contributed by atoms with Crippen LogP contribution in [0, 0.1) is 0 Å². The Morgan fingerprint density at radius 1 is 0.789 bits per heavy atom. The summed E-state index contributed by atoms with van der Waals surface area (Å²) in [6.45, 7) is 1.16. The first-order valence-corrected chi connectivity index (χ1v) is 6.37. The molecule has 2 heteroatoms. The van der Waals surface area contributed by atoms with Crippen molar-refractivity contribution in [2.24, 2.45) is 0 Å². The van der Waals surface area contributed by atoms with E-state index in [4.69, 9.17) is 4.74 Å². The van der Waals surface area contributed by atoms with Crippen LogP contribution < -0.4 is 0 Å². The monoisotopic (exact) mass is 249 g/mol. The topological polar surface area (TPSA) is 22.1 Å². The smallest absolute Gasteiger partial charge is 0.0892 e. The van der Waals surface area contributed by atoms with Gasteiger partial charge in [0.05, 0.1) is 18.9 Å². The van der Waals surface area contributed by atoms with Crippen LogP contribution in [0.25, 0.3) is 10.8 Å². The molecule has 94 valence electrons. The zero-order valence-corrected chi connectivity index (χ0v) is 10.6. The number of hydrogen-bond acceptors (Lipinski definition) is 2. The van der Waals surface area contributed by atoms with Gasteiger partial charge in [-0.05, 0) is 17.0 Å². The lowest BCUT2D eigenvalue weighted by molar-refractivity contribution is 0.105. The highest BCUT2D eigenvalue weighted by atomic mass is 16.5. The van der Waals surface area contributed by atoms with Crippen molar-refractivity contribution in [2.45, 2.75) is 13.2 Å². The van der Waals surface area contributed by atoms with Gasteiger partial charge in [0.1, 0.15) is 0 Å². The summed E-state index contributed by atoms with van der Waals surface area (Å²) in [5, 5.41) is 2.37. The van der Waals surface area contributed by atoms with Crippen molar-refractivity contribution >= 4 is 10.8 Å². The fraction of sp³-hybridized carbons (Fsp3) is 0.118. The number of aromatic nitrogens is 1. The molecule has 0 atom stereocenters. The fourth-order valence-corrected chi connectivity index (χ4v) is 2.06. The third-order valence-corrected chi connectivity index (χ3v) is 3.05. The van der Waals surface area contributed by atoms with Crippen molar-refractivity contribution in [2.75, 3.05) is 0 Å². The van der Waals surface area contributed by atoms with Crippen molar-refractivity contribution in [3.63, 3.8) is 0 Å². The molecule has 0 amide bonds. The van der Waals surface area contributed by atoms with Crippen LogP contribution >= 0.6 is 0 Å². The third-order valence-electron chi connectivity index (χ3n) is 3.05. The van der Waals surface area contributed by atoms with E-state index in [0.29, 0.717) is 13.2 Å². The van der Waals surface area contributed by atoms with Crippen molar-refractivity contribution in [1.29, 1.82) is 0 Å². The average Bonchev–Trinajstić information content (AvgIpc) is 2.48. The van der Waals surface area contributed by atoms with Crippen LogP contribution in [0.2, 0.25) is 0 Å². The molecule has 3 aromatic rings. The Labute approximate surface area is 112 Å². The van der Waals surface area contributed by atoms with Gasteiger partial charge in [-0.15, -0.1) is 0 Å². The minimum Gasteiger partial charge on any atom is -0.370 e. The lowest BCUT2D eigenvalue weighted by atomic mass is 10.1. The van der Waals surface area contributed by atoms with Crippen LogP contribution in [-0.2, 0) is 18.0 Å². The summed E-state index contributed by atoms with van der Waals surface area (Å²) in [6, 6.07) is 20.5. The second-order valence-electron chi connectivity index (χ2n) is 4.50. The van der Waals surface area contributed by atoms with Gasteiger partial charge in [0.15, 0.2) is 0 Å². The molecule has 2 nitrogen and oxygen atoms in total. The van der Waals surface area contributed by atoms with Gasteiger partial charge in [-0.3, -0.25) is 4.98 Å². The third kappa shape index (κ3) is 2.98. The maximum atomic E-state index is 5.69. The van der Waals surface area contributed by atoms with Crippen LogP contribution in [0.1, 0.15) is 11.3 Å². The summed E-state index contributed by atoms with van der Waals surface area (Å²) in [7, 11) is 0. The minimum atomic E-state index is 0.541. The van der Waals surface area contributed by atoms with E-state index in [-0.39, 0.29) is 0 Å². The Morgan fingerprint density at radius 2 is 1.53 bits per heavy atom. The first-order valence-electron chi connectivity index (χ1n) is 6.37. The van der Waals surface area contributed by atoms with E-state index >= 15 is 0 Å². The summed E-state index contributed by atoms with van der Waals surface area (Å²) in [4.78, 5) is 4.41. The van der Waals surface area contributed by atoms with Gasteiger partial charge >= 0.3 is 0 Å². The quantitative estimate of drug-likeness (QED) is 0.698. The van der Waals surface area contributed by atoms with E-state index in [1.807, 2.05) is 36.5 Å². The molecule has 1 aromatic heterocycles. The molecular formula is C17H15NO. The van der Waals surface area contributed by atoms with Crippen molar-refractivity contribution < 1.29 is 4.74 Å². The standard InChI is InChI=1S/C17H15NO/c1-2-6-14(7-3-1)12-19-13-17-10-15-8-4-5-9-16(15)11-18-17/h1-11H,12-13H2. The molecule has 0 saturated heterocycles. The summed E-state index contributed by atoms with van der Waals surface area (Å²) in [6.07, 6.45) is 1.90. The largest absolute Gasteiger partial charge is 0.370 e. The van der Waals surface area contributed by atoms with E-state index in [9.17, 15) is 0 Å². The van der Waals surface area contributed by atoms with Gasteiger partial charge in [0.2, 0.25) is 0 Å². The molecule has 0 unspecified atom stereocenters. The second-order valence-corrected chi connectivity index (χ2v) is 4.50. The lowest BCUT2D eigenvalue weighted by Gasteiger charge is -2.05. The molecule has 19 heavy (non-hydrogen) atoms. The maximum Gasteiger partial charge on any atom is 0.0892 e. The van der Waals surface area contributed by atoms with Crippen molar-refractivity contribution in [3.8, 4) is 0 Å². The molecule has 0 saturated carbocycles. The molecule has 2 aromatic carbocycles. The Balaban J connectivity index is 1.65. The highest BCUT2D eigenvalue weighted by Gasteiger charge is 1.98. The van der Waals surface area contributed by atoms with Crippen molar-refractivity contribution in [3.05, 3.63) is 78.1 Å². The zero-order chi connectivity index (χ0) is 12.9. The van der Waals surface area contributed by atoms with E-state index < -0.39 is 0 Å². The molecule has 0 N–H and O–H groups in total. The predicted molar refractivity (Wildman–Crippen MR) is 76.7 cm³/mol. The van der Waals surface area contributed by atoms with Gasteiger partial charge in [0.25, 0.3) is 0 Å². The van der Waals surface area contributed by atoms with Crippen LogP contribution in [0.4, 0.5) is 0 Å². The van der Waals surface area contributed by atoms with E-state index in [1.165, 1.54) is 10.9 Å². The minimum absolute atomic E-state index is 0.541. The van der Waals surface area contributed by atoms with Crippen LogP contribution in [-0.4, -0.2) is 4.98 Å². The first kappa shape index (κ1) is 11.9. The van der Waals surface area contributed by atoms with Gasteiger partial charge in [0, 0.05) is 11.6 Å². The van der Waals surface area contributed by atoms with Crippen LogP contribution in [0.15, 0.2) is 66.9 Å². The number of ether oxygens (including phenoxy) is 1. The molecule has 0 bridgehead atoms. The van der Waals surface area contributed by atoms with Crippen LogP contribution in [0.5, 0.6) is 0 Å². The fourth-order valence-electron chi connectivity index (χ4n) is 2.06. The van der Waals surface area contributed by atoms with Gasteiger partial charge in [-0.25, -0.2) is 0 Å². The molecule has 0 fully saturated rings. The summed E-state index contributed by atoms with van der Waals surface area (Å²) in [5.74, 6) is 0. The highest BCUT2D eigenvalue weighted by Crippen LogP contribution is 2.14. The molecule has 0 aliphatic carbocycles. The number of fused-ring (bicyclic) bond motifs is 1. The lowest BCUT2D eigenvalue weighted by Crippen LogP contribution is -1.96. The van der Waals surface area contributed by atoms with Gasteiger partial charge in [-0.1, -0.05) is 54.6 Å².